The normalized spacial score (nSPS) is 14.6. The van der Waals surface area contributed by atoms with Gasteiger partial charge in [0.25, 0.3) is 0 Å². The van der Waals surface area contributed by atoms with Crippen LogP contribution in [0, 0.1) is 0 Å². The van der Waals surface area contributed by atoms with E-state index >= 15 is 0 Å². The van der Waals surface area contributed by atoms with E-state index < -0.39 is 10.2 Å². The minimum atomic E-state index is -3.85. The van der Waals surface area contributed by atoms with Gasteiger partial charge in [-0.25, -0.2) is 0 Å². The van der Waals surface area contributed by atoms with Gasteiger partial charge in [0.2, 0.25) is 0 Å². The zero-order valence-electron chi connectivity index (χ0n) is 16.7. The Labute approximate surface area is 182 Å². The highest BCUT2D eigenvalue weighted by molar-refractivity contribution is 7.88. The summed E-state index contributed by atoms with van der Waals surface area (Å²) < 4.78 is 34.5. The first kappa shape index (κ1) is 17.6. The summed E-state index contributed by atoms with van der Waals surface area (Å²) >= 11 is 0. The quantitative estimate of drug-likeness (QED) is 0.356. The van der Waals surface area contributed by atoms with Crippen LogP contribution in [0.2, 0.25) is 0 Å². The SMILES string of the molecule is O=S1(=O)N=c2c(c3ccc(-n4c5ccccc5c5ccccc54)cc3c3ccccc23)=N1. The van der Waals surface area contributed by atoms with Crippen molar-refractivity contribution in [2.24, 2.45) is 8.80 Å². The average Bonchev–Trinajstić information content (AvgIpc) is 3.33. The molecule has 5 aromatic carbocycles. The van der Waals surface area contributed by atoms with Gasteiger partial charge in [0.1, 0.15) is 10.7 Å². The molecule has 1 aromatic heterocycles. The van der Waals surface area contributed by atoms with Crippen LogP contribution in [-0.2, 0) is 10.2 Å². The van der Waals surface area contributed by atoms with Crippen molar-refractivity contribution < 1.29 is 8.42 Å². The topological polar surface area (TPSA) is 63.8 Å². The van der Waals surface area contributed by atoms with Crippen molar-refractivity contribution in [1.29, 1.82) is 0 Å². The van der Waals surface area contributed by atoms with Crippen molar-refractivity contribution in [1.82, 2.24) is 4.57 Å². The molecule has 0 unspecified atom stereocenters. The standard InChI is InChI=1S/C26H15N3O2S/c30-32(31)27-25-20-10-2-1-7-17(20)22-15-16(13-14-21(22)26(25)28-32)29-23-11-5-3-8-18(23)19-9-4-6-12-24(19)29/h1-15H. The van der Waals surface area contributed by atoms with Crippen LogP contribution < -0.4 is 10.7 Å². The number of hydrogen-bond acceptors (Lipinski definition) is 2. The van der Waals surface area contributed by atoms with Gasteiger partial charge in [-0.15, -0.1) is 8.80 Å². The molecule has 0 fully saturated rings. The van der Waals surface area contributed by atoms with Gasteiger partial charge in [-0.1, -0.05) is 60.7 Å². The van der Waals surface area contributed by atoms with Gasteiger partial charge in [-0.05, 0) is 41.1 Å². The highest BCUT2D eigenvalue weighted by Gasteiger charge is 2.19. The highest BCUT2D eigenvalue weighted by Crippen LogP contribution is 2.33. The maximum Gasteiger partial charge on any atom is 0.364 e. The average molecular weight is 433 g/mol. The molecule has 6 heteroatoms. The zero-order valence-corrected chi connectivity index (χ0v) is 17.5. The molecule has 0 N–H and O–H groups in total. The molecule has 0 saturated carbocycles. The van der Waals surface area contributed by atoms with Crippen LogP contribution in [0.15, 0.2) is 99.8 Å². The Balaban J connectivity index is 1.67. The molecule has 6 aromatic rings. The van der Waals surface area contributed by atoms with Gasteiger partial charge < -0.3 is 4.57 Å². The number of rotatable bonds is 1. The third-order valence-corrected chi connectivity index (χ3v) is 7.03. The number of nitrogens with zero attached hydrogens (tertiary/aromatic N) is 3. The molecule has 0 saturated heterocycles. The number of para-hydroxylation sites is 2. The van der Waals surface area contributed by atoms with E-state index in [2.05, 4.69) is 55.8 Å². The van der Waals surface area contributed by atoms with Crippen LogP contribution in [0.25, 0.3) is 49.0 Å². The maximum absolute atomic E-state index is 12.2. The summed E-state index contributed by atoms with van der Waals surface area (Å²) in [6, 6.07) is 30.6. The monoisotopic (exact) mass is 433 g/mol. The Bertz CT molecular complexity index is 1950. The Kier molecular flexibility index (Phi) is 3.32. The van der Waals surface area contributed by atoms with E-state index in [0.717, 1.165) is 38.3 Å². The van der Waals surface area contributed by atoms with E-state index in [9.17, 15) is 8.42 Å². The first-order valence-electron chi connectivity index (χ1n) is 10.3. The van der Waals surface area contributed by atoms with Crippen molar-refractivity contribution in [2.45, 2.75) is 0 Å². The molecule has 32 heavy (non-hydrogen) atoms. The van der Waals surface area contributed by atoms with E-state index in [0.29, 0.717) is 10.7 Å². The number of hydrogen-bond donors (Lipinski definition) is 0. The molecule has 0 amide bonds. The third kappa shape index (κ3) is 2.30. The molecule has 0 atom stereocenters. The molecule has 7 rings (SSSR count). The highest BCUT2D eigenvalue weighted by atomic mass is 32.2. The molecule has 0 radical (unpaired) electrons. The lowest BCUT2D eigenvalue weighted by molar-refractivity contribution is 0.599. The first-order valence-corrected chi connectivity index (χ1v) is 11.7. The van der Waals surface area contributed by atoms with Crippen LogP contribution in [-0.4, -0.2) is 13.0 Å². The van der Waals surface area contributed by atoms with Gasteiger partial charge in [0.15, 0.2) is 0 Å². The van der Waals surface area contributed by atoms with Gasteiger partial charge in [0.05, 0.1) is 11.0 Å². The molecule has 5 nitrogen and oxygen atoms in total. The van der Waals surface area contributed by atoms with Gasteiger partial charge in [-0.2, -0.15) is 8.42 Å². The van der Waals surface area contributed by atoms with E-state index in [1.807, 2.05) is 48.5 Å². The van der Waals surface area contributed by atoms with Gasteiger partial charge >= 0.3 is 10.2 Å². The maximum atomic E-state index is 12.2. The number of benzene rings is 5. The second-order valence-electron chi connectivity index (χ2n) is 7.97. The predicted octanol–water partition coefficient (Wildman–Crippen LogP) is 4.59. The Morgan fingerprint density at radius 3 is 1.66 bits per heavy atom. The van der Waals surface area contributed by atoms with Crippen LogP contribution >= 0.6 is 0 Å². The Morgan fingerprint density at radius 2 is 1.03 bits per heavy atom. The number of fused-ring (bicyclic) bond motifs is 9. The van der Waals surface area contributed by atoms with Gasteiger partial charge in [-0.3, -0.25) is 0 Å². The lowest BCUT2D eigenvalue weighted by atomic mass is 10.00. The molecular weight excluding hydrogens is 418 g/mol. The summed E-state index contributed by atoms with van der Waals surface area (Å²) in [4.78, 5) is 0. The smallest absolute Gasteiger partial charge is 0.309 e. The molecule has 2 heterocycles. The van der Waals surface area contributed by atoms with Crippen molar-refractivity contribution in [3.63, 3.8) is 0 Å². The minimum absolute atomic E-state index is 0.424. The largest absolute Gasteiger partial charge is 0.364 e. The van der Waals surface area contributed by atoms with Crippen molar-refractivity contribution in [3.8, 4) is 5.69 Å². The summed E-state index contributed by atoms with van der Waals surface area (Å²) in [7, 11) is -3.85. The lowest BCUT2D eigenvalue weighted by Crippen LogP contribution is -2.23. The zero-order chi connectivity index (χ0) is 21.4. The summed E-state index contributed by atoms with van der Waals surface area (Å²) in [6.07, 6.45) is 0. The van der Waals surface area contributed by atoms with Crippen molar-refractivity contribution >= 4 is 53.6 Å². The minimum Gasteiger partial charge on any atom is -0.309 e. The van der Waals surface area contributed by atoms with E-state index in [4.69, 9.17) is 0 Å². The van der Waals surface area contributed by atoms with Crippen LogP contribution in [0.4, 0.5) is 0 Å². The predicted molar refractivity (Wildman–Crippen MR) is 127 cm³/mol. The van der Waals surface area contributed by atoms with Crippen molar-refractivity contribution in [3.05, 3.63) is 102 Å². The Hall–Kier alpha value is -4.03. The molecule has 1 aliphatic rings. The second kappa shape index (κ2) is 6.02. The van der Waals surface area contributed by atoms with Crippen molar-refractivity contribution in [2.75, 3.05) is 0 Å². The summed E-state index contributed by atoms with van der Waals surface area (Å²) in [6.45, 7) is 0. The van der Waals surface area contributed by atoms with E-state index in [1.54, 1.807) is 0 Å². The lowest BCUT2D eigenvalue weighted by Gasteiger charge is -2.11. The summed E-state index contributed by atoms with van der Waals surface area (Å²) in [5.74, 6) is 0. The van der Waals surface area contributed by atoms with Gasteiger partial charge in [0, 0.05) is 27.2 Å². The fourth-order valence-corrected chi connectivity index (χ4v) is 5.79. The second-order valence-corrected chi connectivity index (χ2v) is 9.23. The molecular formula is C26H15N3O2S. The molecule has 0 aliphatic carbocycles. The van der Waals surface area contributed by atoms with E-state index in [1.165, 1.54) is 10.8 Å². The fraction of sp³-hybridized carbons (Fsp3) is 0. The van der Waals surface area contributed by atoms with E-state index in [-0.39, 0.29) is 0 Å². The molecule has 0 spiro atoms. The third-order valence-electron chi connectivity index (χ3n) is 6.21. The fourth-order valence-electron chi connectivity index (χ4n) is 4.92. The molecule has 152 valence electrons. The van der Waals surface area contributed by atoms with Crippen LogP contribution in [0.5, 0.6) is 0 Å². The number of aromatic nitrogens is 1. The molecule has 1 aliphatic heterocycles. The first-order chi connectivity index (χ1) is 15.6. The van der Waals surface area contributed by atoms with Crippen LogP contribution in [0.3, 0.4) is 0 Å². The van der Waals surface area contributed by atoms with Crippen LogP contribution in [0.1, 0.15) is 0 Å². The summed E-state index contributed by atoms with van der Waals surface area (Å²) in [5, 5.41) is 6.73. The Morgan fingerprint density at radius 1 is 0.531 bits per heavy atom. The summed E-state index contributed by atoms with van der Waals surface area (Å²) in [5.41, 5.74) is 3.26. The molecule has 0 bridgehead atoms.